The number of thiazole rings is 1. The van der Waals surface area contributed by atoms with Crippen LogP contribution in [-0.4, -0.2) is 4.98 Å². The minimum atomic E-state index is 1.12. The standard InChI is InChI=1S/C19H25NS/c1-5-6-7-8-9-16-10-17(14(2)3)12-18(11-16)19-20-13-15(4)21-19/h10-13H,2,5-9H2,1,3-4H3. The summed E-state index contributed by atoms with van der Waals surface area (Å²) in [4.78, 5) is 5.79. The third kappa shape index (κ3) is 4.53. The van der Waals surface area contributed by atoms with Crippen molar-refractivity contribution in [3.63, 3.8) is 0 Å². The molecule has 0 amide bonds. The van der Waals surface area contributed by atoms with Gasteiger partial charge in [0.15, 0.2) is 0 Å². The largest absolute Gasteiger partial charge is 0.244 e. The van der Waals surface area contributed by atoms with Gasteiger partial charge >= 0.3 is 0 Å². The van der Waals surface area contributed by atoms with E-state index in [1.54, 1.807) is 11.3 Å². The van der Waals surface area contributed by atoms with E-state index in [0.29, 0.717) is 0 Å². The highest BCUT2D eigenvalue weighted by atomic mass is 32.1. The molecule has 0 saturated heterocycles. The fourth-order valence-electron chi connectivity index (χ4n) is 2.45. The predicted octanol–water partition coefficient (Wildman–Crippen LogP) is 6.27. The monoisotopic (exact) mass is 299 g/mol. The van der Waals surface area contributed by atoms with Gasteiger partial charge in [0, 0.05) is 16.6 Å². The van der Waals surface area contributed by atoms with Crippen LogP contribution in [0.4, 0.5) is 0 Å². The Kier molecular flexibility index (Phi) is 5.75. The van der Waals surface area contributed by atoms with E-state index in [1.165, 1.54) is 47.3 Å². The molecule has 1 nitrogen and oxygen atoms in total. The molecule has 1 heterocycles. The van der Waals surface area contributed by atoms with Crippen molar-refractivity contribution >= 4 is 16.9 Å². The van der Waals surface area contributed by atoms with Crippen molar-refractivity contribution in [3.8, 4) is 10.6 Å². The van der Waals surface area contributed by atoms with Crippen LogP contribution in [0.1, 0.15) is 55.5 Å². The minimum absolute atomic E-state index is 1.12. The van der Waals surface area contributed by atoms with Crippen LogP contribution in [-0.2, 0) is 6.42 Å². The predicted molar refractivity (Wildman–Crippen MR) is 94.8 cm³/mol. The number of benzene rings is 1. The van der Waals surface area contributed by atoms with Gasteiger partial charge in [0.05, 0.1) is 0 Å². The number of allylic oxidation sites excluding steroid dienone is 1. The van der Waals surface area contributed by atoms with Crippen molar-refractivity contribution < 1.29 is 0 Å². The second-order valence-electron chi connectivity index (χ2n) is 5.79. The molecule has 0 aliphatic carbocycles. The molecular formula is C19H25NS. The Morgan fingerprint density at radius 2 is 2.00 bits per heavy atom. The zero-order valence-electron chi connectivity index (χ0n) is 13.4. The van der Waals surface area contributed by atoms with E-state index >= 15 is 0 Å². The minimum Gasteiger partial charge on any atom is -0.244 e. The summed E-state index contributed by atoms with van der Waals surface area (Å²) in [6.07, 6.45) is 8.31. The Morgan fingerprint density at radius 1 is 1.19 bits per heavy atom. The lowest BCUT2D eigenvalue weighted by Crippen LogP contribution is -1.91. The van der Waals surface area contributed by atoms with Crippen molar-refractivity contribution in [2.45, 2.75) is 52.9 Å². The molecule has 2 rings (SSSR count). The van der Waals surface area contributed by atoms with Crippen LogP contribution in [0.15, 0.2) is 31.0 Å². The molecule has 0 unspecified atom stereocenters. The van der Waals surface area contributed by atoms with Gasteiger partial charge in [-0.3, -0.25) is 0 Å². The molecule has 1 aromatic carbocycles. The molecule has 0 atom stereocenters. The maximum atomic E-state index is 4.53. The molecule has 0 bridgehead atoms. The summed E-state index contributed by atoms with van der Waals surface area (Å²) in [5, 5.41) is 1.12. The van der Waals surface area contributed by atoms with Crippen molar-refractivity contribution in [3.05, 3.63) is 47.0 Å². The third-order valence-electron chi connectivity index (χ3n) is 3.67. The van der Waals surface area contributed by atoms with E-state index in [2.05, 4.69) is 50.5 Å². The van der Waals surface area contributed by atoms with Gasteiger partial charge in [-0.2, -0.15) is 0 Å². The summed E-state index contributed by atoms with van der Waals surface area (Å²) in [5.41, 5.74) is 5.01. The Labute approximate surface area is 132 Å². The van der Waals surface area contributed by atoms with Gasteiger partial charge in [0.25, 0.3) is 0 Å². The van der Waals surface area contributed by atoms with Crippen LogP contribution in [0.25, 0.3) is 16.1 Å². The highest BCUT2D eigenvalue weighted by Gasteiger charge is 2.07. The molecule has 0 radical (unpaired) electrons. The number of aromatic nitrogens is 1. The summed E-state index contributed by atoms with van der Waals surface area (Å²) in [7, 11) is 0. The van der Waals surface area contributed by atoms with Crippen LogP contribution < -0.4 is 0 Å². The van der Waals surface area contributed by atoms with Crippen molar-refractivity contribution in [2.75, 3.05) is 0 Å². The molecule has 0 aliphatic heterocycles. The molecule has 0 fully saturated rings. The zero-order valence-corrected chi connectivity index (χ0v) is 14.2. The van der Waals surface area contributed by atoms with E-state index < -0.39 is 0 Å². The number of rotatable bonds is 7. The van der Waals surface area contributed by atoms with Crippen LogP contribution in [0.3, 0.4) is 0 Å². The van der Waals surface area contributed by atoms with Crippen LogP contribution in [0, 0.1) is 6.92 Å². The number of aryl methyl sites for hydroxylation is 2. The highest BCUT2D eigenvalue weighted by Crippen LogP contribution is 2.29. The molecule has 0 spiro atoms. The number of hydrogen-bond acceptors (Lipinski definition) is 2. The molecule has 1 aromatic heterocycles. The quantitative estimate of drug-likeness (QED) is 0.549. The number of hydrogen-bond donors (Lipinski definition) is 0. The van der Waals surface area contributed by atoms with Crippen LogP contribution in [0.5, 0.6) is 0 Å². The Morgan fingerprint density at radius 3 is 2.62 bits per heavy atom. The summed E-state index contributed by atoms with van der Waals surface area (Å²) < 4.78 is 0. The van der Waals surface area contributed by atoms with E-state index in [0.717, 1.165) is 17.0 Å². The SMILES string of the molecule is C=C(C)c1cc(CCCCCC)cc(-c2ncc(C)s2)c1. The lowest BCUT2D eigenvalue weighted by atomic mass is 9.98. The molecule has 0 saturated carbocycles. The second kappa shape index (κ2) is 7.56. The van der Waals surface area contributed by atoms with Gasteiger partial charge in [-0.15, -0.1) is 11.3 Å². The average molecular weight is 299 g/mol. The van der Waals surface area contributed by atoms with Gasteiger partial charge in [-0.05, 0) is 49.9 Å². The normalized spacial score (nSPS) is 10.8. The fourth-order valence-corrected chi connectivity index (χ4v) is 3.20. The van der Waals surface area contributed by atoms with E-state index in [4.69, 9.17) is 0 Å². The van der Waals surface area contributed by atoms with E-state index in [-0.39, 0.29) is 0 Å². The highest BCUT2D eigenvalue weighted by molar-refractivity contribution is 7.14. The van der Waals surface area contributed by atoms with Crippen molar-refractivity contribution in [1.29, 1.82) is 0 Å². The van der Waals surface area contributed by atoms with Gasteiger partial charge in [0.1, 0.15) is 5.01 Å². The topological polar surface area (TPSA) is 12.9 Å². The maximum absolute atomic E-state index is 4.53. The molecule has 21 heavy (non-hydrogen) atoms. The first kappa shape index (κ1) is 16.0. The van der Waals surface area contributed by atoms with Gasteiger partial charge in [-0.25, -0.2) is 4.98 Å². The Balaban J connectivity index is 2.24. The van der Waals surface area contributed by atoms with Crippen LogP contribution >= 0.6 is 11.3 Å². The summed E-state index contributed by atoms with van der Waals surface area (Å²) in [5.74, 6) is 0. The van der Waals surface area contributed by atoms with Gasteiger partial charge < -0.3 is 0 Å². The van der Waals surface area contributed by atoms with Crippen LogP contribution in [0.2, 0.25) is 0 Å². The zero-order chi connectivity index (χ0) is 15.2. The summed E-state index contributed by atoms with van der Waals surface area (Å²) >= 11 is 1.76. The second-order valence-corrected chi connectivity index (χ2v) is 7.02. The molecule has 112 valence electrons. The van der Waals surface area contributed by atoms with Crippen molar-refractivity contribution in [2.24, 2.45) is 0 Å². The van der Waals surface area contributed by atoms with E-state index in [1.807, 2.05) is 6.20 Å². The average Bonchev–Trinajstić information content (AvgIpc) is 2.90. The first-order chi connectivity index (χ1) is 10.1. The number of nitrogens with zero attached hydrogens (tertiary/aromatic N) is 1. The Bertz CT molecular complexity index is 610. The first-order valence-electron chi connectivity index (χ1n) is 7.82. The van der Waals surface area contributed by atoms with Gasteiger partial charge in [0.2, 0.25) is 0 Å². The molecule has 0 aliphatic rings. The van der Waals surface area contributed by atoms with E-state index in [9.17, 15) is 0 Å². The molecule has 0 N–H and O–H groups in total. The fraction of sp³-hybridized carbons (Fsp3) is 0.421. The lowest BCUT2D eigenvalue weighted by molar-refractivity contribution is 0.667. The first-order valence-corrected chi connectivity index (χ1v) is 8.64. The smallest absolute Gasteiger partial charge is 0.123 e. The molecule has 2 heteroatoms. The third-order valence-corrected chi connectivity index (χ3v) is 4.63. The molecule has 2 aromatic rings. The Hall–Kier alpha value is -1.41. The summed E-state index contributed by atoms with van der Waals surface area (Å²) in [6.45, 7) is 10.5. The van der Waals surface area contributed by atoms with Gasteiger partial charge in [-0.1, -0.05) is 44.4 Å². The summed E-state index contributed by atoms with van der Waals surface area (Å²) in [6, 6.07) is 6.81. The van der Waals surface area contributed by atoms with Crippen molar-refractivity contribution in [1.82, 2.24) is 4.98 Å². The lowest BCUT2D eigenvalue weighted by Gasteiger charge is -2.09. The maximum Gasteiger partial charge on any atom is 0.123 e. The number of unbranched alkanes of at least 4 members (excludes halogenated alkanes) is 3. The molecular weight excluding hydrogens is 274 g/mol.